The van der Waals surface area contributed by atoms with Gasteiger partial charge in [-0.1, -0.05) is 6.42 Å². The molecular formula is C7H13N2O+. The van der Waals surface area contributed by atoms with Crippen molar-refractivity contribution in [1.82, 2.24) is 4.67 Å². The molecule has 0 saturated heterocycles. The summed E-state index contributed by atoms with van der Waals surface area (Å²) in [6.45, 7) is 0. The fourth-order valence-corrected chi connectivity index (χ4v) is 1.23. The van der Waals surface area contributed by atoms with Crippen molar-refractivity contribution >= 4 is 11.7 Å². The van der Waals surface area contributed by atoms with Crippen molar-refractivity contribution in [2.75, 3.05) is 0 Å². The summed E-state index contributed by atoms with van der Waals surface area (Å²) < 4.78 is 3.80. The summed E-state index contributed by atoms with van der Waals surface area (Å²) in [7, 11) is 0. The predicted octanol–water partition coefficient (Wildman–Crippen LogP) is 0.331. The van der Waals surface area contributed by atoms with Crippen LogP contribution in [0.1, 0.15) is 32.1 Å². The Morgan fingerprint density at radius 3 is 2.40 bits per heavy atom. The van der Waals surface area contributed by atoms with Gasteiger partial charge in [-0.15, -0.1) is 0 Å². The van der Waals surface area contributed by atoms with Crippen LogP contribution >= 0.6 is 0 Å². The molecule has 0 atom stereocenters. The van der Waals surface area contributed by atoms with E-state index in [1.54, 1.807) is 0 Å². The number of amidine groups is 1. The second kappa shape index (κ2) is 3.28. The van der Waals surface area contributed by atoms with Gasteiger partial charge in [-0.25, -0.2) is 5.73 Å². The molecular weight excluding hydrogens is 128 g/mol. The van der Waals surface area contributed by atoms with Crippen LogP contribution in [0.2, 0.25) is 0 Å². The van der Waals surface area contributed by atoms with E-state index < -0.39 is 0 Å². The number of rotatable bonds is 0. The van der Waals surface area contributed by atoms with Crippen molar-refractivity contribution in [3.05, 3.63) is 0 Å². The Labute approximate surface area is 60.3 Å². The fraction of sp³-hybridized carbons (Fsp3) is 0.714. The lowest BCUT2D eigenvalue weighted by Crippen LogP contribution is -2.18. The highest BCUT2D eigenvalue weighted by Gasteiger charge is 2.10. The zero-order valence-electron chi connectivity index (χ0n) is 6.01. The molecule has 3 heteroatoms. The van der Waals surface area contributed by atoms with Crippen molar-refractivity contribution in [3.8, 4) is 0 Å². The van der Waals surface area contributed by atoms with Crippen molar-refractivity contribution < 1.29 is 5.11 Å². The smallest absolute Gasteiger partial charge is 0.434 e. The number of nitrogens with zero attached hydrogens (tertiary/aromatic N) is 1. The highest BCUT2D eigenvalue weighted by molar-refractivity contribution is 5.88. The van der Waals surface area contributed by atoms with Gasteiger partial charge in [0.05, 0.1) is 0 Å². The topological polar surface area (TPSA) is 60.4 Å². The quantitative estimate of drug-likeness (QED) is 0.290. The Hall–Kier alpha value is -0.950. The maximum atomic E-state index is 8.61. The minimum absolute atomic E-state index is 0.295. The lowest BCUT2D eigenvalue weighted by molar-refractivity contribution is 0.540. The second-order valence-corrected chi connectivity index (χ2v) is 2.60. The monoisotopic (exact) mass is 141 g/mol. The van der Waals surface area contributed by atoms with Crippen LogP contribution in [0, 0.1) is 0 Å². The van der Waals surface area contributed by atoms with Crippen LogP contribution in [0.5, 0.6) is 0 Å². The highest BCUT2D eigenvalue weighted by atomic mass is 16.3. The number of aliphatic hydroxyl groups is 1. The van der Waals surface area contributed by atoms with Crippen molar-refractivity contribution in [1.29, 1.82) is 0 Å². The SMILES string of the molecule is NC(O)=[N+]=C1CCCCC1. The van der Waals surface area contributed by atoms with Crippen LogP contribution in [0.3, 0.4) is 0 Å². The molecule has 0 aromatic carbocycles. The van der Waals surface area contributed by atoms with Gasteiger partial charge in [0.15, 0.2) is 5.71 Å². The fourth-order valence-electron chi connectivity index (χ4n) is 1.23. The third-order valence-corrected chi connectivity index (χ3v) is 1.70. The van der Waals surface area contributed by atoms with Crippen molar-refractivity contribution in [3.63, 3.8) is 0 Å². The van der Waals surface area contributed by atoms with E-state index in [1.165, 1.54) is 19.3 Å². The van der Waals surface area contributed by atoms with Gasteiger partial charge in [-0.2, -0.15) is 4.67 Å². The highest BCUT2D eigenvalue weighted by Crippen LogP contribution is 2.12. The summed E-state index contributed by atoms with van der Waals surface area (Å²) in [5.41, 5.74) is 6.06. The lowest BCUT2D eigenvalue weighted by Gasteiger charge is -2.04. The molecule has 0 aromatic heterocycles. The summed E-state index contributed by atoms with van der Waals surface area (Å²) in [5.74, 6) is 0. The molecule has 0 amide bonds. The minimum Gasteiger partial charge on any atom is -0.434 e. The molecule has 0 spiro atoms. The van der Waals surface area contributed by atoms with Gasteiger partial charge in [0.25, 0.3) is 0 Å². The van der Waals surface area contributed by atoms with Crippen molar-refractivity contribution in [2.24, 2.45) is 5.73 Å². The first-order chi connectivity index (χ1) is 4.79. The molecule has 10 heavy (non-hydrogen) atoms. The Bertz CT molecular complexity index is 168. The Morgan fingerprint density at radius 1 is 1.30 bits per heavy atom. The molecule has 1 aliphatic rings. The molecule has 3 N–H and O–H groups in total. The Balaban J connectivity index is 2.62. The van der Waals surface area contributed by atoms with Crippen LogP contribution in [0.4, 0.5) is 0 Å². The summed E-state index contributed by atoms with van der Waals surface area (Å²) >= 11 is 0. The molecule has 3 nitrogen and oxygen atoms in total. The number of hydrogen-bond donors (Lipinski definition) is 2. The average molecular weight is 141 g/mol. The second-order valence-electron chi connectivity index (χ2n) is 2.60. The summed E-state index contributed by atoms with van der Waals surface area (Å²) in [5, 5.41) is 8.61. The van der Waals surface area contributed by atoms with Crippen LogP contribution in [0.25, 0.3) is 0 Å². The maximum Gasteiger partial charge on any atom is 0.542 e. The van der Waals surface area contributed by atoms with Crippen molar-refractivity contribution in [2.45, 2.75) is 32.1 Å². The van der Waals surface area contributed by atoms with Gasteiger partial charge in [0.2, 0.25) is 0 Å². The van der Waals surface area contributed by atoms with E-state index in [9.17, 15) is 0 Å². The number of hydrogen-bond acceptors (Lipinski definition) is 0. The summed E-state index contributed by atoms with van der Waals surface area (Å²) in [6, 6.07) is -0.295. The predicted molar refractivity (Wildman–Crippen MR) is 42.0 cm³/mol. The number of nitrogens with two attached hydrogens (primary N) is 1. The van der Waals surface area contributed by atoms with E-state index in [2.05, 4.69) is 4.67 Å². The first-order valence-corrected chi connectivity index (χ1v) is 3.67. The molecule has 56 valence electrons. The van der Waals surface area contributed by atoms with Gasteiger partial charge >= 0.3 is 6.02 Å². The van der Waals surface area contributed by atoms with E-state index in [0.29, 0.717) is 0 Å². The Kier molecular flexibility index (Phi) is 2.35. The van der Waals surface area contributed by atoms with Gasteiger partial charge < -0.3 is 5.11 Å². The van der Waals surface area contributed by atoms with Gasteiger partial charge in [-0.05, 0) is 12.8 Å². The first kappa shape index (κ1) is 7.16. The Morgan fingerprint density at radius 2 is 1.90 bits per heavy atom. The van der Waals surface area contributed by atoms with Crippen LogP contribution in [0.15, 0.2) is 0 Å². The zero-order valence-corrected chi connectivity index (χ0v) is 6.01. The largest absolute Gasteiger partial charge is 0.542 e. The summed E-state index contributed by atoms with van der Waals surface area (Å²) in [6.07, 6.45) is 5.66. The zero-order chi connectivity index (χ0) is 7.40. The van der Waals surface area contributed by atoms with Crippen LogP contribution < -0.4 is 10.4 Å². The molecule has 1 rings (SSSR count). The average Bonchev–Trinajstić information content (AvgIpc) is 1.88. The van der Waals surface area contributed by atoms with Crippen LogP contribution in [-0.2, 0) is 0 Å². The molecule has 0 unspecified atom stereocenters. The molecule has 1 fully saturated rings. The molecule has 1 aliphatic carbocycles. The molecule has 0 heterocycles. The van der Waals surface area contributed by atoms with E-state index in [0.717, 1.165) is 18.6 Å². The molecule has 0 bridgehead atoms. The normalized spacial score (nSPS) is 18.2. The molecule has 0 aromatic rings. The molecule has 1 saturated carbocycles. The van der Waals surface area contributed by atoms with E-state index in [1.807, 2.05) is 0 Å². The van der Waals surface area contributed by atoms with Crippen LogP contribution in [-0.4, -0.2) is 16.8 Å². The minimum atomic E-state index is -0.295. The first-order valence-electron chi connectivity index (χ1n) is 3.67. The van der Waals surface area contributed by atoms with E-state index >= 15 is 0 Å². The third kappa shape index (κ3) is 2.11. The van der Waals surface area contributed by atoms with Gasteiger partial charge in [0, 0.05) is 12.8 Å². The third-order valence-electron chi connectivity index (χ3n) is 1.70. The molecule has 0 radical (unpaired) electrons. The maximum absolute atomic E-state index is 8.61. The standard InChI is InChI=1S/C7H12N2O/c8-7(10)9-6-4-2-1-3-5-6/h1-5H2,(H2,8,10)/p+1. The molecule has 0 aliphatic heterocycles. The van der Waals surface area contributed by atoms with E-state index in [-0.39, 0.29) is 6.02 Å². The van der Waals surface area contributed by atoms with Gasteiger partial charge in [0.1, 0.15) is 0 Å². The summed E-state index contributed by atoms with van der Waals surface area (Å²) in [4.78, 5) is 0. The van der Waals surface area contributed by atoms with Gasteiger partial charge in [-0.3, -0.25) is 0 Å². The number of aliphatic hydroxyl groups excluding tert-OH is 1. The lowest BCUT2D eigenvalue weighted by atomic mass is 9.99. The van der Waals surface area contributed by atoms with E-state index in [4.69, 9.17) is 10.8 Å².